The Balaban J connectivity index is 4.50. The van der Waals surface area contributed by atoms with Gasteiger partial charge in [-0.3, -0.25) is 0 Å². The standard InChI is InChI=1S/C16H26N2O3/c1-3-5-9-18(11-12-19)10-7-8-15(14-17)16(20)21-13-6-4-2/h7-8,10,19H,3-6,9,11-13H2,1-2H3/b10-7+,15-8+. The van der Waals surface area contributed by atoms with E-state index >= 15 is 0 Å². The van der Waals surface area contributed by atoms with E-state index in [4.69, 9.17) is 15.1 Å². The second kappa shape index (κ2) is 13.2. The molecule has 0 fully saturated rings. The van der Waals surface area contributed by atoms with Crippen molar-refractivity contribution >= 4 is 5.97 Å². The number of aliphatic hydroxyl groups excluding tert-OH is 1. The largest absolute Gasteiger partial charge is 0.462 e. The second-order valence-corrected chi connectivity index (χ2v) is 4.64. The normalized spacial score (nSPS) is 11.4. The Morgan fingerprint density at radius 3 is 2.57 bits per heavy atom. The third kappa shape index (κ3) is 9.69. The van der Waals surface area contributed by atoms with Gasteiger partial charge in [0.25, 0.3) is 0 Å². The van der Waals surface area contributed by atoms with Gasteiger partial charge in [0.05, 0.1) is 13.2 Å². The molecule has 0 amide bonds. The number of nitriles is 1. The lowest BCUT2D eigenvalue weighted by molar-refractivity contribution is -0.138. The average molecular weight is 294 g/mol. The molecule has 0 aliphatic carbocycles. The Morgan fingerprint density at radius 2 is 2.00 bits per heavy atom. The maximum absolute atomic E-state index is 11.6. The summed E-state index contributed by atoms with van der Waals surface area (Å²) in [5, 5.41) is 17.9. The Morgan fingerprint density at radius 1 is 1.29 bits per heavy atom. The zero-order chi connectivity index (χ0) is 15.9. The fraction of sp³-hybridized carbons (Fsp3) is 0.625. The first kappa shape index (κ1) is 19.2. The summed E-state index contributed by atoms with van der Waals surface area (Å²) < 4.78 is 4.99. The van der Waals surface area contributed by atoms with Crippen LogP contribution in [0.15, 0.2) is 23.9 Å². The summed E-state index contributed by atoms with van der Waals surface area (Å²) in [6.07, 6.45) is 8.70. The van der Waals surface area contributed by atoms with Crippen LogP contribution in [0.4, 0.5) is 0 Å². The van der Waals surface area contributed by atoms with Crippen molar-refractivity contribution in [1.82, 2.24) is 4.90 Å². The molecule has 0 atom stereocenters. The highest BCUT2D eigenvalue weighted by molar-refractivity contribution is 5.93. The van der Waals surface area contributed by atoms with Crippen molar-refractivity contribution in [1.29, 1.82) is 5.26 Å². The molecule has 21 heavy (non-hydrogen) atoms. The first-order valence-corrected chi connectivity index (χ1v) is 7.50. The summed E-state index contributed by atoms with van der Waals surface area (Å²) in [5.74, 6) is -0.585. The van der Waals surface area contributed by atoms with E-state index < -0.39 is 5.97 Å². The van der Waals surface area contributed by atoms with E-state index in [1.807, 2.05) is 17.9 Å². The highest BCUT2D eigenvalue weighted by Crippen LogP contribution is 2.01. The quantitative estimate of drug-likeness (QED) is 0.208. The molecule has 0 heterocycles. The highest BCUT2D eigenvalue weighted by atomic mass is 16.5. The van der Waals surface area contributed by atoms with Gasteiger partial charge in [0, 0.05) is 13.1 Å². The molecular formula is C16H26N2O3. The van der Waals surface area contributed by atoms with Gasteiger partial charge in [-0.15, -0.1) is 0 Å². The molecule has 0 saturated carbocycles. The van der Waals surface area contributed by atoms with Crippen LogP contribution in [0.25, 0.3) is 0 Å². The first-order valence-electron chi connectivity index (χ1n) is 7.50. The Labute approximate surface area is 127 Å². The molecule has 0 aromatic heterocycles. The van der Waals surface area contributed by atoms with Crippen LogP contribution in [-0.4, -0.2) is 42.3 Å². The van der Waals surface area contributed by atoms with Crippen LogP contribution in [0.1, 0.15) is 39.5 Å². The fourth-order valence-electron chi connectivity index (χ4n) is 1.55. The number of rotatable bonds is 11. The van der Waals surface area contributed by atoms with Gasteiger partial charge in [0.15, 0.2) is 0 Å². The molecule has 0 bridgehead atoms. The van der Waals surface area contributed by atoms with Crippen LogP contribution in [0.2, 0.25) is 0 Å². The SMILES string of the molecule is CCCCOC(=O)/C(C#N)=C/C=C/N(CCO)CCCC. The molecule has 118 valence electrons. The average Bonchev–Trinajstić information content (AvgIpc) is 2.49. The van der Waals surface area contributed by atoms with E-state index in [-0.39, 0.29) is 12.2 Å². The van der Waals surface area contributed by atoms with Crippen LogP contribution < -0.4 is 0 Å². The molecule has 0 aromatic rings. The summed E-state index contributed by atoms with van der Waals surface area (Å²) in [7, 11) is 0. The van der Waals surface area contributed by atoms with Crippen LogP contribution in [0.5, 0.6) is 0 Å². The molecule has 5 nitrogen and oxygen atoms in total. The third-order valence-electron chi connectivity index (χ3n) is 2.82. The van der Waals surface area contributed by atoms with E-state index in [9.17, 15) is 4.79 Å². The van der Waals surface area contributed by atoms with Crippen molar-refractivity contribution in [2.45, 2.75) is 39.5 Å². The van der Waals surface area contributed by atoms with E-state index in [0.29, 0.717) is 13.2 Å². The Bertz CT molecular complexity index is 383. The lowest BCUT2D eigenvalue weighted by Gasteiger charge is -2.18. The van der Waals surface area contributed by atoms with Crippen molar-refractivity contribution < 1.29 is 14.6 Å². The number of ether oxygens (including phenoxy) is 1. The van der Waals surface area contributed by atoms with Crippen molar-refractivity contribution in [2.75, 3.05) is 26.3 Å². The third-order valence-corrected chi connectivity index (χ3v) is 2.82. The molecule has 0 aliphatic heterocycles. The number of hydrogen-bond acceptors (Lipinski definition) is 5. The maximum atomic E-state index is 11.6. The van der Waals surface area contributed by atoms with Crippen molar-refractivity contribution in [3.8, 4) is 6.07 Å². The zero-order valence-electron chi connectivity index (χ0n) is 13.0. The van der Waals surface area contributed by atoms with E-state index in [0.717, 1.165) is 32.2 Å². The Hall–Kier alpha value is -1.80. The van der Waals surface area contributed by atoms with Gasteiger partial charge in [-0.2, -0.15) is 5.26 Å². The maximum Gasteiger partial charge on any atom is 0.348 e. The smallest absolute Gasteiger partial charge is 0.348 e. The number of hydrogen-bond donors (Lipinski definition) is 1. The summed E-state index contributed by atoms with van der Waals surface area (Å²) in [6, 6.07) is 1.85. The molecule has 0 aromatic carbocycles. The van der Waals surface area contributed by atoms with Gasteiger partial charge in [-0.05, 0) is 31.2 Å². The lowest BCUT2D eigenvalue weighted by atomic mass is 10.2. The first-order chi connectivity index (χ1) is 10.2. The highest BCUT2D eigenvalue weighted by Gasteiger charge is 2.08. The molecule has 5 heteroatoms. The molecule has 0 spiro atoms. The summed E-state index contributed by atoms with van der Waals surface area (Å²) >= 11 is 0. The predicted molar refractivity (Wildman–Crippen MR) is 82.3 cm³/mol. The van der Waals surface area contributed by atoms with E-state index in [1.54, 1.807) is 12.3 Å². The lowest BCUT2D eigenvalue weighted by Crippen LogP contribution is -2.22. The fourth-order valence-corrected chi connectivity index (χ4v) is 1.55. The van der Waals surface area contributed by atoms with Crippen molar-refractivity contribution in [2.24, 2.45) is 0 Å². The van der Waals surface area contributed by atoms with Gasteiger partial charge < -0.3 is 14.7 Å². The van der Waals surface area contributed by atoms with Gasteiger partial charge in [-0.25, -0.2) is 4.79 Å². The van der Waals surface area contributed by atoms with Gasteiger partial charge in [0.1, 0.15) is 11.6 Å². The van der Waals surface area contributed by atoms with Crippen molar-refractivity contribution in [3.63, 3.8) is 0 Å². The summed E-state index contributed by atoms with van der Waals surface area (Å²) in [6.45, 7) is 5.88. The minimum absolute atomic E-state index is 0.0122. The number of carbonyl (C=O) groups is 1. The monoisotopic (exact) mass is 294 g/mol. The summed E-state index contributed by atoms with van der Waals surface area (Å²) in [5.41, 5.74) is -0.0122. The topological polar surface area (TPSA) is 73.6 Å². The molecule has 0 aliphatic rings. The minimum atomic E-state index is -0.585. The number of esters is 1. The van der Waals surface area contributed by atoms with Crippen LogP contribution in [0.3, 0.4) is 0 Å². The van der Waals surface area contributed by atoms with Crippen LogP contribution >= 0.6 is 0 Å². The molecule has 0 saturated heterocycles. The van der Waals surface area contributed by atoms with Crippen LogP contribution in [0, 0.1) is 11.3 Å². The predicted octanol–water partition coefficient (Wildman–Crippen LogP) is 2.39. The molecular weight excluding hydrogens is 268 g/mol. The van der Waals surface area contributed by atoms with Crippen LogP contribution in [-0.2, 0) is 9.53 Å². The minimum Gasteiger partial charge on any atom is -0.462 e. The second-order valence-electron chi connectivity index (χ2n) is 4.64. The molecule has 0 rings (SSSR count). The number of carbonyl (C=O) groups excluding carboxylic acids is 1. The number of nitrogens with zero attached hydrogens (tertiary/aromatic N) is 2. The molecule has 0 unspecified atom stereocenters. The van der Waals surface area contributed by atoms with E-state index in [1.165, 1.54) is 6.08 Å². The van der Waals surface area contributed by atoms with Gasteiger partial charge >= 0.3 is 5.97 Å². The molecule has 0 radical (unpaired) electrons. The summed E-state index contributed by atoms with van der Waals surface area (Å²) in [4.78, 5) is 13.6. The number of aliphatic hydroxyl groups is 1. The van der Waals surface area contributed by atoms with Crippen molar-refractivity contribution in [3.05, 3.63) is 23.9 Å². The van der Waals surface area contributed by atoms with E-state index in [2.05, 4.69) is 6.92 Å². The van der Waals surface area contributed by atoms with Gasteiger partial charge in [-0.1, -0.05) is 26.7 Å². The number of allylic oxidation sites excluding steroid dienone is 2. The number of unbranched alkanes of at least 4 members (excludes halogenated alkanes) is 2. The van der Waals surface area contributed by atoms with Gasteiger partial charge in [0.2, 0.25) is 0 Å². The molecule has 1 N–H and O–H groups in total. The zero-order valence-corrected chi connectivity index (χ0v) is 13.0. The Kier molecular flexibility index (Phi) is 12.1.